The average Bonchev–Trinajstić information content (AvgIpc) is 4.00. The van der Waals surface area contributed by atoms with Crippen molar-refractivity contribution in [2.75, 3.05) is 0 Å². The minimum atomic E-state index is -5.23. The summed E-state index contributed by atoms with van der Waals surface area (Å²) in [5, 5.41) is 5.64. The Bertz CT molecular complexity index is 3720. The van der Waals surface area contributed by atoms with E-state index in [-0.39, 0.29) is 11.4 Å². The second-order valence-electron chi connectivity index (χ2n) is 15.0. The fourth-order valence-corrected chi connectivity index (χ4v) is 9.31. The molecule has 0 radical (unpaired) electrons. The molecular weight excluding hydrogens is 787 g/mol. The van der Waals surface area contributed by atoms with Crippen molar-refractivity contribution in [2.24, 2.45) is 0 Å². The Morgan fingerprint density at radius 1 is 0.508 bits per heavy atom. The van der Waals surface area contributed by atoms with E-state index >= 15 is 26.3 Å². The first kappa shape index (κ1) is 36.6. The monoisotopic (exact) mass is 816 g/mol. The predicted molar refractivity (Wildman–Crippen MR) is 233 cm³/mol. The summed E-state index contributed by atoms with van der Waals surface area (Å²) in [6, 6.07) is 40.5. The highest BCUT2D eigenvalue weighted by molar-refractivity contribution is 6.27. The van der Waals surface area contributed by atoms with Gasteiger partial charge in [0.15, 0.2) is 0 Å². The van der Waals surface area contributed by atoms with E-state index < -0.39 is 34.6 Å². The molecule has 7 aromatic carbocycles. The van der Waals surface area contributed by atoms with Gasteiger partial charge in [-0.05, 0) is 67.1 Å². The van der Waals surface area contributed by atoms with Gasteiger partial charge in [0.2, 0.25) is 0 Å². The van der Waals surface area contributed by atoms with Crippen LogP contribution in [0.5, 0.6) is 0 Å². The molecular formula is C51H30F6N2O2. The van der Waals surface area contributed by atoms with Gasteiger partial charge in [-0.3, -0.25) is 0 Å². The van der Waals surface area contributed by atoms with Crippen molar-refractivity contribution in [3.8, 4) is 0 Å². The summed E-state index contributed by atoms with van der Waals surface area (Å²) in [5.41, 5.74) is -0.841. The number of hydrogen-bond donors (Lipinski definition) is 0. The summed E-state index contributed by atoms with van der Waals surface area (Å²) in [4.78, 5) is 0. The molecule has 11 rings (SSSR count). The number of furan rings is 2. The predicted octanol–water partition coefficient (Wildman–Crippen LogP) is 15.8. The second kappa shape index (κ2) is 13.0. The molecule has 0 unspecified atom stereocenters. The van der Waals surface area contributed by atoms with Crippen LogP contribution in [0.15, 0.2) is 173 Å². The number of rotatable bonds is 5. The van der Waals surface area contributed by atoms with E-state index in [1.165, 1.54) is 34.3 Å². The molecule has 4 nitrogen and oxygen atoms in total. The van der Waals surface area contributed by atoms with Crippen molar-refractivity contribution in [1.29, 1.82) is 0 Å². The fraction of sp³-hybridized carbons (Fsp3) is 0.0588. The zero-order chi connectivity index (χ0) is 41.9. The maximum atomic E-state index is 16.6. The standard InChI is InChI=1S/C51H30F6N2O2/c1-3-37(59-39-21-11-6-18-35(39)46-41(59)27-25-32-30-15-8-13-23-43(30)61-49(32)46)47(51(55,56)57)44(33-16-4-9-19-36(33)50(52,53)54)28(2)58-38-20-10-5-17-34(38)45-40(58)26-24-31-29-14-7-12-22-42(29)60-48(31)45/h3-27H,2H2,1H3/b37-3-,47-44-. The molecule has 0 spiro atoms. The number of halogens is 6. The first-order valence-corrected chi connectivity index (χ1v) is 19.5. The summed E-state index contributed by atoms with van der Waals surface area (Å²) >= 11 is 0. The van der Waals surface area contributed by atoms with Gasteiger partial charge in [-0.25, -0.2) is 0 Å². The molecule has 0 fully saturated rings. The quantitative estimate of drug-likeness (QED) is 0.128. The van der Waals surface area contributed by atoms with E-state index in [1.807, 2.05) is 60.7 Å². The lowest BCUT2D eigenvalue weighted by atomic mass is 9.90. The number of hydrogen-bond acceptors (Lipinski definition) is 2. The van der Waals surface area contributed by atoms with Gasteiger partial charge in [-0.2, -0.15) is 26.3 Å². The highest BCUT2D eigenvalue weighted by Gasteiger charge is 2.44. The van der Waals surface area contributed by atoms with E-state index in [0.717, 1.165) is 33.7 Å². The Balaban J connectivity index is 1.28. The van der Waals surface area contributed by atoms with Crippen molar-refractivity contribution < 1.29 is 35.2 Å². The third-order valence-corrected chi connectivity index (χ3v) is 11.7. The third kappa shape index (κ3) is 5.27. The molecule has 0 amide bonds. The van der Waals surface area contributed by atoms with Gasteiger partial charge in [0.05, 0.1) is 49.7 Å². The topological polar surface area (TPSA) is 36.1 Å². The molecule has 0 atom stereocenters. The van der Waals surface area contributed by atoms with Crippen molar-refractivity contribution in [3.63, 3.8) is 0 Å². The van der Waals surface area contributed by atoms with Crippen LogP contribution in [-0.4, -0.2) is 15.3 Å². The van der Waals surface area contributed by atoms with Gasteiger partial charge < -0.3 is 18.0 Å². The van der Waals surface area contributed by atoms with E-state index in [0.29, 0.717) is 65.9 Å². The van der Waals surface area contributed by atoms with Crippen LogP contribution in [0.1, 0.15) is 18.1 Å². The van der Waals surface area contributed by atoms with Crippen LogP contribution in [0.2, 0.25) is 0 Å². The van der Waals surface area contributed by atoms with Gasteiger partial charge in [0, 0.05) is 43.6 Å². The normalized spacial score (nSPS) is 13.6. The van der Waals surface area contributed by atoms with E-state index in [1.54, 1.807) is 60.7 Å². The van der Waals surface area contributed by atoms with E-state index in [9.17, 15) is 0 Å². The first-order valence-electron chi connectivity index (χ1n) is 19.5. The maximum Gasteiger partial charge on any atom is 0.419 e. The van der Waals surface area contributed by atoms with Crippen molar-refractivity contribution in [3.05, 3.63) is 175 Å². The molecule has 61 heavy (non-hydrogen) atoms. The molecule has 0 saturated carbocycles. The lowest BCUT2D eigenvalue weighted by Gasteiger charge is -2.26. The summed E-state index contributed by atoms with van der Waals surface area (Å²) in [6.07, 6.45) is -8.97. The van der Waals surface area contributed by atoms with E-state index in [4.69, 9.17) is 8.83 Å². The molecule has 0 aliphatic heterocycles. The molecule has 0 aliphatic carbocycles. The third-order valence-electron chi connectivity index (χ3n) is 11.7. The Hall–Kier alpha value is -7.46. The zero-order valence-corrected chi connectivity index (χ0v) is 32.1. The Morgan fingerprint density at radius 3 is 1.49 bits per heavy atom. The molecule has 0 saturated heterocycles. The average molecular weight is 817 g/mol. The first-order chi connectivity index (χ1) is 29.5. The van der Waals surface area contributed by atoms with Crippen molar-refractivity contribution in [1.82, 2.24) is 9.13 Å². The summed E-state index contributed by atoms with van der Waals surface area (Å²) in [6.45, 7) is 5.75. The summed E-state index contributed by atoms with van der Waals surface area (Å²) in [5.74, 6) is 0. The number of para-hydroxylation sites is 4. The number of alkyl halides is 6. The van der Waals surface area contributed by atoms with Gasteiger partial charge in [0.25, 0.3) is 0 Å². The molecule has 298 valence electrons. The van der Waals surface area contributed by atoms with Crippen molar-refractivity contribution >= 4 is 104 Å². The van der Waals surface area contributed by atoms with E-state index in [2.05, 4.69) is 6.58 Å². The summed E-state index contributed by atoms with van der Waals surface area (Å²) in [7, 11) is 0. The molecule has 0 bridgehead atoms. The van der Waals surface area contributed by atoms with Crippen LogP contribution >= 0.6 is 0 Å². The number of aromatic nitrogens is 2. The molecule has 0 aliphatic rings. The van der Waals surface area contributed by atoms with Gasteiger partial charge in [0.1, 0.15) is 22.3 Å². The smallest absolute Gasteiger partial charge is 0.419 e. The molecule has 0 N–H and O–H groups in total. The lowest BCUT2D eigenvalue weighted by Crippen LogP contribution is -2.21. The largest absolute Gasteiger partial charge is 0.455 e. The Morgan fingerprint density at radius 2 is 0.967 bits per heavy atom. The lowest BCUT2D eigenvalue weighted by molar-refractivity contribution is -0.137. The maximum absolute atomic E-state index is 16.6. The van der Waals surface area contributed by atoms with Crippen LogP contribution < -0.4 is 0 Å². The van der Waals surface area contributed by atoms with Crippen LogP contribution in [-0.2, 0) is 6.18 Å². The SMILES string of the molecule is C=C(/C(=C(\C(=C\C)n1c2ccccc2c2c3oc4ccccc4c3ccc21)C(F)(F)F)c1ccccc1C(F)(F)F)n1c2ccccc2c2c3oc4ccccc4c3ccc21. The molecule has 4 heterocycles. The van der Waals surface area contributed by atoms with Gasteiger partial charge >= 0.3 is 12.4 Å². The van der Waals surface area contributed by atoms with Crippen LogP contribution in [0.3, 0.4) is 0 Å². The van der Waals surface area contributed by atoms with Crippen LogP contribution in [0.4, 0.5) is 26.3 Å². The number of allylic oxidation sites excluding steroid dienone is 5. The Labute approximate surface area is 342 Å². The molecule has 10 heteroatoms. The minimum absolute atomic E-state index is 0.314. The van der Waals surface area contributed by atoms with Crippen LogP contribution in [0, 0.1) is 0 Å². The highest BCUT2D eigenvalue weighted by Crippen LogP contribution is 2.51. The zero-order valence-electron chi connectivity index (χ0n) is 32.1. The molecule has 11 aromatic rings. The number of fused-ring (bicyclic) bond motifs is 14. The van der Waals surface area contributed by atoms with Gasteiger partial charge in [-0.1, -0.05) is 104 Å². The van der Waals surface area contributed by atoms with Crippen molar-refractivity contribution in [2.45, 2.75) is 19.3 Å². The summed E-state index contributed by atoms with van der Waals surface area (Å²) < 4.78 is 111. The number of nitrogens with zero attached hydrogens (tertiary/aromatic N) is 2. The Kier molecular flexibility index (Phi) is 7.81. The fourth-order valence-electron chi connectivity index (χ4n) is 9.31. The number of benzene rings is 7. The minimum Gasteiger partial charge on any atom is -0.455 e. The molecule has 4 aromatic heterocycles. The highest BCUT2D eigenvalue weighted by atomic mass is 19.4. The second-order valence-corrected chi connectivity index (χ2v) is 15.0. The van der Waals surface area contributed by atoms with Gasteiger partial charge in [-0.15, -0.1) is 0 Å². The van der Waals surface area contributed by atoms with Crippen LogP contribution in [0.25, 0.3) is 104 Å².